The predicted octanol–water partition coefficient (Wildman–Crippen LogP) is 2.53. The second kappa shape index (κ2) is 10.2. The lowest BCUT2D eigenvalue weighted by atomic mass is 10.1. The van der Waals surface area contributed by atoms with Crippen molar-refractivity contribution >= 4 is 5.97 Å². The van der Waals surface area contributed by atoms with Gasteiger partial charge in [0, 0.05) is 19.0 Å². The normalized spacial score (nSPS) is 21.6. The van der Waals surface area contributed by atoms with E-state index in [4.69, 9.17) is 4.74 Å². The summed E-state index contributed by atoms with van der Waals surface area (Å²) in [5.74, 6) is -0.0460. The van der Waals surface area contributed by atoms with Crippen molar-refractivity contribution in [3.05, 3.63) is 0 Å². The van der Waals surface area contributed by atoms with Crippen molar-refractivity contribution in [2.24, 2.45) is 0 Å². The molecule has 4 heteroatoms. The fourth-order valence-electron chi connectivity index (χ4n) is 2.97. The van der Waals surface area contributed by atoms with E-state index in [-0.39, 0.29) is 5.97 Å². The number of hydrogen-bond donors (Lipinski definition) is 0. The lowest BCUT2D eigenvalue weighted by molar-refractivity contribution is -0.143. The third-order valence-corrected chi connectivity index (χ3v) is 4.13. The number of rotatable bonds is 8. The first-order valence-electron chi connectivity index (χ1n) is 8.25. The molecule has 4 nitrogen and oxygen atoms in total. The van der Waals surface area contributed by atoms with Crippen LogP contribution in [-0.4, -0.2) is 61.6 Å². The van der Waals surface area contributed by atoms with E-state index in [2.05, 4.69) is 23.8 Å². The maximum Gasteiger partial charge on any atom is 0.305 e. The van der Waals surface area contributed by atoms with Crippen LogP contribution in [0.1, 0.15) is 52.4 Å². The van der Waals surface area contributed by atoms with Crippen LogP contribution in [0.3, 0.4) is 0 Å². The zero-order valence-corrected chi connectivity index (χ0v) is 13.6. The van der Waals surface area contributed by atoms with Gasteiger partial charge in [0.25, 0.3) is 0 Å². The third-order valence-electron chi connectivity index (χ3n) is 4.13. The van der Waals surface area contributed by atoms with Crippen LogP contribution < -0.4 is 0 Å². The van der Waals surface area contributed by atoms with Gasteiger partial charge in [-0.2, -0.15) is 0 Å². The molecule has 0 bridgehead atoms. The summed E-state index contributed by atoms with van der Waals surface area (Å²) in [5, 5.41) is 0. The van der Waals surface area contributed by atoms with Gasteiger partial charge in [0.2, 0.25) is 0 Å². The molecule has 0 aromatic rings. The Kier molecular flexibility index (Phi) is 8.86. The Balaban J connectivity index is 2.17. The zero-order chi connectivity index (χ0) is 14.8. The average molecular weight is 284 g/mol. The number of likely N-dealkylation sites (N-methyl/N-ethyl adjacent to an activating group) is 1. The molecule has 1 aliphatic heterocycles. The minimum absolute atomic E-state index is 0.0460. The third kappa shape index (κ3) is 6.71. The van der Waals surface area contributed by atoms with Gasteiger partial charge in [-0.1, -0.05) is 13.3 Å². The average Bonchev–Trinajstić information content (AvgIpc) is 2.60. The number of ether oxygens (including phenoxy) is 1. The molecule has 1 unspecified atom stereocenters. The second-order valence-corrected chi connectivity index (χ2v) is 5.83. The van der Waals surface area contributed by atoms with Crippen LogP contribution in [0.2, 0.25) is 0 Å². The molecule has 0 aromatic carbocycles. The van der Waals surface area contributed by atoms with Gasteiger partial charge in [0.15, 0.2) is 0 Å². The van der Waals surface area contributed by atoms with Gasteiger partial charge in [0.05, 0.1) is 6.61 Å². The van der Waals surface area contributed by atoms with Gasteiger partial charge in [-0.25, -0.2) is 0 Å². The minimum atomic E-state index is -0.0460. The zero-order valence-electron chi connectivity index (χ0n) is 13.6. The number of unbranched alkanes of at least 4 members (excludes halogenated alkanes) is 2. The van der Waals surface area contributed by atoms with Crippen LogP contribution in [0.5, 0.6) is 0 Å². The van der Waals surface area contributed by atoms with Crippen LogP contribution in [0, 0.1) is 0 Å². The summed E-state index contributed by atoms with van der Waals surface area (Å²) < 4.78 is 4.95. The number of carbonyl (C=O) groups excluding carboxylic acids is 1. The Labute approximate surface area is 124 Å². The Bertz CT molecular complexity index is 271. The molecule has 1 aliphatic rings. The van der Waals surface area contributed by atoms with Crippen molar-refractivity contribution in [2.45, 2.75) is 58.4 Å². The van der Waals surface area contributed by atoms with Crippen LogP contribution in [-0.2, 0) is 9.53 Å². The molecule has 1 heterocycles. The molecule has 0 N–H and O–H groups in total. The molecule has 0 aliphatic carbocycles. The highest BCUT2D eigenvalue weighted by Gasteiger charge is 2.21. The molecule has 118 valence electrons. The molecule has 0 amide bonds. The molecular weight excluding hydrogens is 252 g/mol. The van der Waals surface area contributed by atoms with Crippen LogP contribution in [0.15, 0.2) is 0 Å². The van der Waals surface area contributed by atoms with Gasteiger partial charge in [0.1, 0.15) is 0 Å². The molecule has 1 fully saturated rings. The van der Waals surface area contributed by atoms with Gasteiger partial charge in [-0.05, 0) is 59.3 Å². The lowest BCUT2D eigenvalue weighted by Crippen LogP contribution is -2.40. The van der Waals surface area contributed by atoms with Crippen LogP contribution >= 0.6 is 0 Å². The van der Waals surface area contributed by atoms with Crippen molar-refractivity contribution in [3.8, 4) is 0 Å². The summed E-state index contributed by atoms with van der Waals surface area (Å²) in [6.07, 6.45) is 6.36. The van der Waals surface area contributed by atoms with E-state index in [1.807, 2.05) is 6.92 Å². The maximum absolute atomic E-state index is 11.2. The van der Waals surface area contributed by atoms with E-state index in [1.54, 1.807) is 0 Å². The van der Waals surface area contributed by atoms with Crippen molar-refractivity contribution in [3.63, 3.8) is 0 Å². The Morgan fingerprint density at radius 2 is 2.00 bits per heavy atom. The Morgan fingerprint density at radius 3 is 2.70 bits per heavy atom. The van der Waals surface area contributed by atoms with Crippen molar-refractivity contribution < 1.29 is 9.53 Å². The molecule has 0 radical (unpaired) electrons. The van der Waals surface area contributed by atoms with E-state index in [0.29, 0.717) is 19.1 Å². The molecule has 20 heavy (non-hydrogen) atoms. The van der Waals surface area contributed by atoms with Crippen molar-refractivity contribution in [2.75, 3.05) is 39.8 Å². The molecule has 0 saturated carbocycles. The molecule has 1 rings (SSSR count). The Hall–Kier alpha value is -0.610. The maximum atomic E-state index is 11.2. The van der Waals surface area contributed by atoms with Crippen molar-refractivity contribution in [1.29, 1.82) is 0 Å². The highest BCUT2D eigenvalue weighted by Crippen LogP contribution is 2.13. The first kappa shape index (κ1) is 17.4. The summed E-state index contributed by atoms with van der Waals surface area (Å²) in [6, 6.07) is 0.701. The minimum Gasteiger partial charge on any atom is -0.466 e. The first-order valence-corrected chi connectivity index (χ1v) is 8.25. The second-order valence-electron chi connectivity index (χ2n) is 5.83. The van der Waals surface area contributed by atoms with Gasteiger partial charge >= 0.3 is 5.97 Å². The lowest BCUT2D eigenvalue weighted by Gasteiger charge is -2.30. The van der Waals surface area contributed by atoms with E-state index in [0.717, 1.165) is 12.8 Å². The molecular formula is C16H32N2O2. The molecule has 1 saturated heterocycles. The predicted molar refractivity (Wildman–Crippen MR) is 82.9 cm³/mol. The number of nitrogens with zero attached hydrogens (tertiary/aromatic N) is 2. The fraction of sp³-hybridized carbons (Fsp3) is 0.938. The number of carbonyl (C=O) groups is 1. The summed E-state index contributed by atoms with van der Waals surface area (Å²) >= 11 is 0. The SMILES string of the molecule is CCOC(=O)CCCCCN1CCCN(C)CC1CC. The van der Waals surface area contributed by atoms with Crippen LogP contribution in [0.4, 0.5) is 0 Å². The van der Waals surface area contributed by atoms with E-state index < -0.39 is 0 Å². The highest BCUT2D eigenvalue weighted by atomic mass is 16.5. The quantitative estimate of drug-likeness (QED) is 0.506. The highest BCUT2D eigenvalue weighted by molar-refractivity contribution is 5.69. The van der Waals surface area contributed by atoms with E-state index in [9.17, 15) is 4.79 Å². The van der Waals surface area contributed by atoms with Gasteiger partial charge in [-0.3, -0.25) is 9.69 Å². The standard InChI is InChI=1S/C16H32N2O2/c1-4-15-14-17(3)11-9-13-18(15)12-8-6-7-10-16(19)20-5-2/h15H,4-14H2,1-3H3. The number of esters is 1. The summed E-state index contributed by atoms with van der Waals surface area (Å²) in [6.45, 7) is 9.46. The first-order chi connectivity index (χ1) is 9.67. The summed E-state index contributed by atoms with van der Waals surface area (Å²) in [5.41, 5.74) is 0. The topological polar surface area (TPSA) is 32.8 Å². The van der Waals surface area contributed by atoms with E-state index in [1.165, 1.54) is 45.4 Å². The monoisotopic (exact) mass is 284 g/mol. The summed E-state index contributed by atoms with van der Waals surface area (Å²) in [7, 11) is 2.23. The number of hydrogen-bond acceptors (Lipinski definition) is 4. The smallest absolute Gasteiger partial charge is 0.305 e. The van der Waals surface area contributed by atoms with E-state index >= 15 is 0 Å². The molecule has 0 spiro atoms. The fourth-order valence-corrected chi connectivity index (χ4v) is 2.97. The summed E-state index contributed by atoms with van der Waals surface area (Å²) in [4.78, 5) is 16.3. The van der Waals surface area contributed by atoms with Gasteiger partial charge in [-0.15, -0.1) is 0 Å². The van der Waals surface area contributed by atoms with Gasteiger partial charge < -0.3 is 9.64 Å². The largest absolute Gasteiger partial charge is 0.466 e. The molecule has 0 aromatic heterocycles. The Morgan fingerprint density at radius 1 is 1.20 bits per heavy atom. The molecule has 1 atom stereocenters. The van der Waals surface area contributed by atoms with Crippen LogP contribution in [0.25, 0.3) is 0 Å². The van der Waals surface area contributed by atoms with Crippen molar-refractivity contribution in [1.82, 2.24) is 9.80 Å².